The molecule has 0 unspecified atom stereocenters. The Hall–Kier alpha value is -3.17. The molecule has 2 heterocycles. The minimum Gasteiger partial charge on any atom is -0.482 e. The van der Waals surface area contributed by atoms with Crippen LogP contribution in [-0.4, -0.2) is 48.6 Å². The van der Waals surface area contributed by atoms with E-state index in [1.807, 2.05) is 0 Å². The molecule has 10 nitrogen and oxygen atoms in total. The van der Waals surface area contributed by atoms with Crippen molar-refractivity contribution in [2.24, 2.45) is 0 Å². The van der Waals surface area contributed by atoms with Gasteiger partial charge in [0.2, 0.25) is 6.10 Å². The monoisotopic (exact) mass is 336 g/mol. The van der Waals surface area contributed by atoms with Crippen LogP contribution in [0.15, 0.2) is 18.2 Å². The molecule has 1 fully saturated rings. The molecule has 1 aromatic rings. The van der Waals surface area contributed by atoms with Gasteiger partial charge in [0.15, 0.2) is 6.61 Å². The molecule has 1 amide bonds. The first kappa shape index (κ1) is 15.7. The van der Waals surface area contributed by atoms with Gasteiger partial charge in [-0.05, 0) is 6.07 Å². The van der Waals surface area contributed by atoms with Crippen molar-refractivity contribution in [3.63, 3.8) is 0 Å². The van der Waals surface area contributed by atoms with Gasteiger partial charge in [-0.3, -0.25) is 24.6 Å². The van der Waals surface area contributed by atoms with Crippen LogP contribution in [0.1, 0.15) is 6.42 Å². The highest BCUT2D eigenvalue weighted by Gasteiger charge is 2.33. The number of carbonyl (C=O) groups excluding carboxylic acids is 3. The van der Waals surface area contributed by atoms with Crippen LogP contribution in [0.4, 0.5) is 11.4 Å². The predicted molar refractivity (Wildman–Crippen MR) is 76.4 cm³/mol. The molecule has 0 radical (unpaired) electrons. The molecule has 1 aromatic carbocycles. The fourth-order valence-corrected chi connectivity index (χ4v) is 2.39. The number of cyclic esters (lactones) is 1. The number of benzene rings is 1. The summed E-state index contributed by atoms with van der Waals surface area (Å²) in [5.41, 5.74) is -0.142. The van der Waals surface area contributed by atoms with Crippen molar-refractivity contribution in [2.75, 3.05) is 24.7 Å². The number of nitro groups is 1. The summed E-state index contributed by atoms with van der Waals surface area (Å²) in [6.07, 6.45) is -0.734. The Kier molecular flexibility index (Phi) is 4.02. The number of amides is 1. The number of nitrogens with zero attached hydrogens (tertiary/aromatic N) is 2. The van der Waals surface area contributed by atoms with Gasteiger partial charge in [-0.15, -0.1) is 0 Å². The van der Waals surface area contributed by atoms with Crippen molar-refractivity contribution in [1.82, 2.24) is 0 Å². The summed E-state index contributed by atoms with van der Waals surface area (Å²) >= 11 is 0. The topological polar surface area (TPSA) is 125 Å². The van der Waals surface area contributed by atoms with Gasteiger partial charge in [0.1, 0.15) is 12.3 Å². The zero-order valence-corrected chi connectivity index (χ0v) is 12.3. The number of nitro benzene ring substituents is 1. The summed E-state index contributed by atoms with van der Waals surface area (Å²) < 4.78 is 14.9. The summed E-state index contributed by atoms with van der Waals surface area (Å²) in [5.74, 6) is -1.75. The average molecular weight is 336 g/mol. The van der Waals surface area contributed by atoms with Gasteiger partial charge in [0.05, 0.1) is 17.2 Å². The third-order valence-electron chi connectivity index (χ3n) is 3.54. The van der Waals surface area contributed by atoms with E-state index in [0.717, 1.165) is 11.0 Å². The molecule has 24 heavy (non-hydrogen) atoms. The molecule has 10 heteroatoms. The van der Waals surface area contributed by atoms with Crippen molar-refractivity contribution < 1.29 is 33.5 Å². The van der Waals surface area contributed by atoms with Crippen LogP contribution in [0.3, 0.4) is 0 Å². The molecule has 0 saturated carbocycles. The molecule has 0 aliphatic carbocycles. The van der Waals surface area contributed by atoms with E-state index in [2.05, 4.69) is 4.74 Å². The molecule has 0 bridgehead atoms. The van der Waals surface area contributed by atoms with Gasteiger partial charge >= 0.3 is 11.9 Å². The van der Waals surface area contributed by atoms with Gasteiger partial charge in [0.25, 0.3) is 11.6 Å². The van der Waals surface area contributed by atoms with E-state index in [0.29, 0.717) is 0 Å². The zero-order chi connectivity index (χ0) is 17.3. The first-order valence-electron chi connectivity index (χ1n) is 7.03. The highest BCUT2D eigenvalue weighted by molar-refractivity contribution is 6.01. The molecule has 126 valence electrons. The van der Waals surface area contributed by atoms with E-state index in [9.17, 15) is 24.5 Å². The maximum atomic E-state index is 12.0. The fraction of sp³-hybridized carbons (Fsp3) is 0.357. The molecule has 0 spiro atoms. The van der Waals surface area contributed by atoms with E-state index >= 15 is 0 Å². The van der Waals surface area contributed by atoms with E-state index < -0.39 is 35.4 Å². The van der Waals surface area contributed by atoms with Crippen molar-refractivity contribution in [1.29, 1.82) is 0 Å². The molecule has 2 aliphatic heterocycles. The van der Waals surface area contributed by atoms with Crippen LogP contribution >= 0.6 is 0 Å². The molecular weight excluding hydrogens is 324 g/mol. The maximum absolute atomic E-state index is 12.0. The summed E-state index contributed by atoms with van der Waals surface area (Å²) in [6, 6.07) is 3.73. The first-order valence-corrected chi connectivity index (χ1v) is 7.03. The quantitative estimate of drug-likeness (QED) is 0.433. The second-order valence-corrected chi connectivity index (χ2v) is 5.11. The van der Waals surface area contributed by atoms with Gasteiger partial charge in [-0.25, -0.2) is 4.79 Å². The first-order chi connectivity index (χ1) is 11.5. The Morgan fingerprint density at radius 3 is 2.83 bits per heavy atom. The Bertz CT molecular complexity index is 731. The third kappa shape index (κ3) is 2.98. The lowest BCUT2D eigenvalue weighted by molar-refractivity contribution is -0.384. The lowest BCUT2D eigenvalue weighted by Crippen LogP contribution is -2.43. The van der Waals surface area contributed by atoms with Gasteiger partial charge < -0.3 is 14.2 Å². The fourth-order valence-electron chi connectivity index (χ4n) is 2.39. The van der Waals surface area contributed by atoms with Crippen molar-refractivity contribution in [3.05, 3.63) is 28.3 Å². The van der Waals surface area contributed by atoms with Crippen molar-refractivity contribution in [3.8, 4) is 5.75 Å². The average Bonchev–Trinajstić information content (AvgIpc) is 2.94. The minimum atomic E-state index is -0.988. The Morgan fingerprint density at radius 1 is 1.38 bits per heavy atom. The number of hydrogen-bond acceptors (Lipinski definition) is 8. The number of rotatable bonds is 4. The van der Waals surface area contributed by atoms with E-state index in [1.54, 1.807) is 0 Å². The lowest BCUT2D eigenvalue weighted by atomic mass is 10.2. The number of ether oxygens (including phenoxy) is 3. The summed E-state index contributed by atoms with van der Waals surface area (Å²) in [6.45, 7) is -0.619. The van der Waals surface area contributed by atoms with Gasteiger partial charge in [0, 0.05) is 18.6 Å². The normalized spacial score (nSPS) is 19.3. The van der Waals surface area contributed by atoms with Crippen LogP contribution in [0, 0.1) is 10.1 Å². The SMILES string of the molecule is O=C(CN1C(=O)COc2ccc([N+](=O)[O-])cc21)O[C@@H]1CCOC1=O. The minimum absolute atomic E-state index is 0.103. The number of esters is 2. The van der Waals surface area contributed by atoms with Gasteiger partial charge in [-0.1, -0.05) is 0 Å². The van der Waals surface area contributed by atoms with Crippen LogP contribution in [0.25, 0.3) is 0 Å². The summed E-state index contributed by atoms with van der Waals surface area (Å²) in [7, 11) is 0. The number of hydrogen-bond donors (Lipinski definition) is 0. The standard InChI is InChI=1S/C14H12N2O8/c17-12-7-23-10-2-1-8(16(20)21)5-9(10)15(12)6-13(18)24-11-3-4-22-14(11)19/h1-2,5,11H,3-4,6-7H2/t11-/m1/s1. The van der Waals surface area contributed by atoms with Crippen molar-refractivity contribution >= 4 is 29.2 Å². The molecule has 3 rings (SSSR count). The Balaban J connectivity index is 1.79. The molecular formula is C14H12N2O8. The summed E-state index contributed by atoms with van der Waals surface area (Å²) in [4.78, 5) is 46.6. The molecule has 1 atom stereocenters. The zero-order valence-electron chi connectivity index (χ0n) is 12.3. The molecule has 0 N–H and O–H groups in total. The molecule has 1 saturated heterocycles. The largest absolute Gasteiger partial charge is 0.482 e. The maximum Gasteiger partial charge on any atom is 0.347 e. The van der Waals surface area contributed by atoms with E-state index in [1.165, 1.54) is 12.1 Å². The highest BCUT2D eigenvalue weighted by Crippen LogP contribution is 2.35. The van der Waals surface area contributed by atoms with Crippen LogP contribution < -0.4 is 9.64 Å². The number of anilines is 1. The van der Waals surface area contributed by atoms with Crippen molar-refractivity contribution in [2.45, 2.75) is 12.5 Å². The number of fused-ring (bicyclic) bond motifs is 1. The number of carbonyl (C=O) groups is 3. The molecule has 0 aromatic heterocycles. The Labute approximate surface area is 135 Å². The second-order valence-electron chi connectivity index (χ2n) is 5.11. The van der Waals surface area contributed by atoms with Crippen LogP contribution in [0.5, 0.6) is 5.75 Å². The number of non-ortho nitro benzene ring substituents is 1. The van der Waals surface area contributed by atoms with Crippen LogP contribution in [0.2, 0.25) is 0 Å². The predicted octanol–water partition coefficient (Wildman–Crippen LogP) is 0.179. The third-order valence-corrected chi connectivity index (χ3v) is 3.54. The van der Waals surface area contributed by atoms with Gasteiger partial charge in [-0.2, -0.15) is 0 Å². The molecule has 2 aliphatic rings. The van der Waals surface area contributed by atoms with E-state index in [4.69, 9.17) is 9.47 Å². The van der Waals surface area contributed by atoms with E-state index in [-0.39, 0.29) is 36.8 Å². The summed E-state index contributed by atoms with van der Waals surface area (Å²) in [5, 5.41) is 10.9. The van der Waals surface area contributed by atoms with Crippen LogP contribution in [-0.2, 0) is 23.9 Å². The Morgan fingerprint density at radius 2 is 2.17 bits per heavy atom. The second kappa shape index (κ2) is 6.14. The highest BCUT2D eigenvalue weighted by atomic mass is 16.6. The lowest BCUT2D eigenvalue weighted by Gasteiger charge is -2.28. The smallest absolute Gasteiger partial charge is 0.347 e.